The minimum absolute atomic E-state index is 0.0977. The van der Waals surface area contributed by atoms with E-state index in [-0.39, 0.29) is 12.2 Å². The molecule has 0 fully saturated rings. The average Bonchev–Trinajstić information content (AvgIpc) is 2.31. The molecule has 0 aliphatic rings. The summed E-state index contributed by atoms with van der Waals surface area (Å²) in [4.78, 5) is 11.8. The van der Waals surface area contributed by atoms with Crippen LogP contribution in [-0.2, 0) is 9.53 Å². The Morgan fingerprint density at radius 1 is 1.37 bits per heavy atom. The molecule has 0 bridgehead atoms. The van der Waals surface area contributed by atoms with Crippen molar-refractivity contribution in [1.29, 1.82) is 0 Å². The zero-order valence-corrected chi connectivity index (χ0v) is 11.4. The molecule has 0 amide bonds. The molecule has 0 saturated heterocycles. The topological polar surface area (TPSA) is 38.3 Å². The average molecular weight is 271 g/mol. The van der Waals surface area contributed by atoms with Crippen LogP contribution in [-0.4, -0.2) is 19.1 Å². The second kappa shape index (κ2) is 7.19. The Balaban J connectivity index is 2.97. The molecule has 1 unspecified atom stereocenters. The number of rotatable bonds is 6. The zero-order valence-electron chi connectivity index (χ0n) is 11.4. The van der Waals surface area contributed by atoms with E-state index in [0.717, 1.165) is 12.1 Å². The molecule has 0 saturated carbocycles. The van der Waals surface area contributed by atoms with Crippen LogP contribution in [0.3, 0.4) is 0 Å². The fourth-order valence-corrected chi connectivity index (χ4v) is 1.64. The monoisotopic (exact) mass is 271 g/mol. The summed E-state index contributed by atoms with van der Waals surface area (Å²) in [5, 5.41) is 2.94. The van der Waals surface area contributed by atoms with Gasteiger partial charge in [0.2, 0.25) is 0 Å². The number of halogens is 2. The lowest BCUT2D eigenvalue weighted by molar-refractivity contribution is -0.146. The van der Waals surface area contributed by atoms with Gasteiger partial charge in [-0.1, -0.05) is 19.9 Å². The SMILES string of the molecule is CCOC(=O)C(NCC(C)C)c1ccc(F)cc1F. The lowest BCUT2D eigenvalue weighted by atomic mass is 10.1. The molecule has 5 heteroatoms. The van der Waals surface area contributed by atoms with E-state index in [1.807, 2.05) is 13.8 Å². The number of nitrogens with one attached hydrogen (secondary N) is 1. The van der Waals surface area contributed by atoms with Gasteiger partial charge in [-0.15, -0.1) is 0 Å². The Morgan fingerprint density at radius 3 is 2.58 bits per heavy atom. The van der Waals surface area contributed by atoms with Crippen LogP contribution >= 0.6 is 0 Å². The second-order valence-electron chi connectivity index (χ2n) is 4.65. The molecule has 1 rings (SSSR count). The largest absolute Gasteiger partial charge is 0.465 e. The lowest BCUT2D eigenvalue weighted by Gasteiger charge is -2.19. The third-order valence-electron chi connectivity index (χ3n) is 2.53. The summed E-state index contributed by atoms with van der Waals surface area (Å²) in [6.07, 6.45) is 0. The van der Waals surface area contributed by atoms with Crippen molar-refractivity contribution in [2.24, 2.45) is 5.92 Å². The molecule has 0 radical (unpaired) electrons. The van der Waals surface area contributed by atoms with Crippen molar-refractivity contribution in [2.45, 2.75) is 26.8 Å². The van der Waals surface area contributed by atoms with Crippen molar-refractivity contribution >= 4 is 5.97 Å². The van der Waals surface area contributed by atoms with Gasteiger partial charge >= 0.3 is 5.97 Å². The molecule has 106 valence electrons. The maximum atomic E-state index is 13.7. The summed E-state index contributed by atoms with van der Waals surface area (Å²) < 4.78 is 31.5. The van der Waals surface area contributed by atoms with Crippen LogP contribution in [0, 0.1) is 17.6 Å². The van der Waals surface area contributed by atoms with Crippen molar-refractivity contribution in [3.8, 4) is 0 Å². The molecule has 3 nitrogen and oxygen atoms in total. The fraction of sp³-hybridized carbons (Fsp3) is 0.500. The van der Waals surface area contributed by atoms with Gasteiger partial charge in [0, 0.05) is 11.6 Å². The molecule has 19 heavy (non-hydrogen) atoms. The van der Waals surface area contributed by atoms with Crippen LogP contribution in [0.1, 0.15) is 32.4 Å². The molecule has 1 N–H and O–H groups in total. The van der Waals surface area contributed by atoms with E-state index in [2.05, 4.69) is 5.32 Å². The predicted molar refractivity (Wildman–Crippen MR) is 68.6 cm³/mol. The van der Waals surface area contributed by atoms with Gasteiger partial charge in [0.25, 0.3) is 0 Å². The summed E-state index contributed by atoms with van der Waals surface area (Å²) in [7, 11) is 0. The number of benzene rings is 1. The van der Waals surface area contributed by atoms with Crippen molar-refractivity contribution in [3.63, 3.8) is 0 Å². The van der Waals surface area contributed by atoms with Crippen molar-refractivity contribution in [2.75, 3.05) is 13.2 Å². The van der Waals surface area contributed by atoms with E-state index in [9.17, 15) is 13.6 Å². The van der Waals surface area contributed by atoms with Crippen LogP contribution in [0.4, 0.5) is 8.78 Å². The van der Waals surface area contributed by atoms with E-state index >= 15 is 0 Å². The molecule has 0 spiro atoms. The Bertz CT molecular complexity index is 435. The number of esters is 1. The summed E-state index contributed by atoms with van der Waals surface area (Å²) in [6, 6.07) is 2.24. The molecule has 0 aliphatic carbocycles. The Morgan fingerprint density at radius 2 is 2.05 bits per heavy atom. The molecular weight excluding hydrogens is 252 g/mol. The Kier molecular flexibility index (Phi) is 5.89. The molecule has 1 aromatic rings. The normalized spacial score (nSPS) is 12.5. The molecule has 0 aromatic heterocycles. The van der Waals surface area contributed by atoms with Crippen LogP contribution in [0.5, 0.6) is 0 Å². The third-order valence-corrected chi connectivity index (χ3v) is 2.53. The number of hydrogen-bond donors (Lipinski definition) is 1. The van der Waals surface area contributed by atoms with Gasteiger partial charge in [0.15, 0.2) is 0 Å². The fourth-order valence-electron chi connectivity index (χ4n) is 1.64. The standard InChI is InChI=1S/C14H19F2NO2/c1-4-19-14(18)13(17-8-9(2)3)11-6-5-10(15)7-12(11)16/h5-7,9,13,17H,4,8H2,1-3H3. The Hall–Kier alpha value is -1.49. The zero-order chi connectivity index (χ0) is 14.4. The first-order valence-electron chi connectivity index (χ1n) is 6.30. The van der Waals surface area contributed by atoms with Crippen molar-refractivity contribution < 1.29 is 18.3 Å². The van der Waals surface area contributed by atoms with E-state index < -0.39 is 23.6 Å². The number of ether oxygens (including phenoxy) is 1. The first-order valence-corrected chi connectivity index (χ1v) is 6.30. The van der Waals surface area contributed by atoms with Gasteiger partial charge in [-0.2, -0.15) is 0 Å². The second-order valence-corrected chi connectivity index (χ2v) is 4.65. The summed E-state index contributed by atoms with van der Waals surface area (Å²) in [6.45, 7) is 6.35. The smallest absolute Gasteiger partial charge is 0.327 e. The number of carbonyl (C=O) groups excluding carboxylic acids is 1. The molecule has 1 atom stereocenters. The highest BCUT2D eigenvalue weighted by molar-refractivity contribution is 5.77. The summed E-state index contributed by atoms with van der Waals surface area (Å²) in [5.74, 6) is -1.70. The third kappa shape index (κ3) is 4.59. The first-order chi connectivity index (χ1) is 8.95. The van der Waals surface area contributed by atoms with Gasteiger partial charge in [-0.05, 0) is 25.5 Å². The van der Waals surface area contributed by atoms with Gasteiger partial charge in [-0.25, -0.2) is 13.6 Å². The van der Waals surface area contributed by atoms with Gasteiger partial charge in [-0.3, -0.25) is 0 Å². The summed E-state index contributed by atoms with van der Waals surface area (Å²) in [5.41, 5.74) is 0.0977. The molecule has 0 aliphatic heterocycles. The molecule has 0 heterocycles. The van der Waals surface area contributed by atoms with Crippen molar-refractivity contribution in [3.05, 3.63) is 35.4 Å². The molecule has 1 aromatic carbocycles. The van der Waals surface area contributed by atoms with Crippen LogP contribution in [0.25, 0.3) is 0 Å². The highest BCUT2D eigenvalue weighted by Gasteiger charge is 2.24. The maximum Gasteiger partial charge on any atom is 0.327 e. The minimum atomic E-state index is -0.914. The van der Waals surface area contributed by atoms with E-state index in [0.29, 0.717) is 12.5 Å². The predicted octanol–water partition coefficient (Wildman–Crippen LogP) is 2.81. The van der Waals surface area contributed by atoms with Crippen LogP contribution in [0.15, 0.2) is 18.2 Å². The highest BCUT2D eigenvalue weighted by Crippen LogP contribution is 2.20. The Labute approximate surface area is 112 Å². The van der Waals surface area contributed by atoms with E-state index in [4.69, 9.17) is 4.74 Å². The van der Waals surface area contributed by atoms with Gasteiger partial charge in [0.1, 0.15) is 17.7 Å². The van der Waals surface area contributed by atoms with Gasteiger partial charge < -0.3 is 10.1 Å². The lowest BCUT2D eigenvalue weighted by Crippen LogP contribution is -2.33. The van der Waals surface area contributed by atoms with Crippen LogP contribution in [0.2, 0.25) is 0 Å². The van der Waals surface area contributed by atoms with Crippen LogP contribution < -0.4 is 5.32 Å². The van der Waals surface area contributed by atoms with Crippen molar-refractivity contribution in [1.82, 2.24) is 5.32 Å². The molecular formula is C14H19F2NO2. The minimum Gasteiger partial charge on any atom is -0.465 e. The van der Waals surface area contributed by atoms with E-state index in [1.54, 1.807) is 6.92 Å². The first kappa shape index (κ1) is 15.6. The number of hydrogen-bond acceptors (Lipinski definition) is 3. The summed E-state index contributed by atoms with van der Waals surface area (Å²) >= 11 is 0. The maximum absolute atomic E-state index is 13.7. The van der Waals surface area contributed by atoms with Gasteiger partial charge in [0.05, 0.1) is 6.61 Å². The highest BCUT2D eigenvalue weighted by atomic mass is 19.1. The van der Waals surface area contributed by atoms with E-state index in [1.165, 1.54) is 6.07 Å². The quantitative estimate of drug-likeness (QED) is 0.809. The number of carbonyl (C=O) groups is 1.